The van der Waals surface area contributed by atoms with Crippen LogP contribution in [0, 0.1) is 6.92 Å². The first-order valence-electron chi connectivity index (χ1n) is 4.08. The van der Waals surface area contributed by atoms with E-state index in [2.05, 4.69) is 15.2 Å². The molecule has 6 nitrogen and oxygen atoms in total. The Kier molecular flexibility index (Phi) is 1.81. The van der Waals surface area contributed by atoms with Crippen molar-refractivity contribution in [3.05, 3.63) is 23.9 Å². The van der Waals surface area contributed by atoms with Crippen LogP contribution in [0.3, 0.4) is 0 Å². The molecule has 0 spiro atoms. The Bertz CT molecular complexity index is 461. The van der Waals surface area contributed by atoms with E-state index < -0.39 is 0 Å². The third-order valence-corrected chi connectivity index (χ3v) is 1.84. The zero-order valence-electron chi connectivity index (χ0n) is 7.68. The lowest BCUT2D eigenvalue weighted by atomic mass is 10.3. The highest BCUT2D eigenvalue weighted by atomic mass is 15.4. The molecular weight excluding hydrogens is 180 g/mol. The predicted octanol–water partition coefficient (Wildman–Crippen LogP) is -0.0555. The number of nitrogens with two attached hydrogens (primary N) is 2. The van der Waals surface area contributed by atoms with Crippen molar-refractivity contribution < 1.29 is 0 Å². The summed E-state index contributed by atoms with van der Waals surface area (Å²) in [4.78, 5) is 4.26. The quantitative estimate of drug-likeness (QED) is 0.614. The molecule has 72 valence electrons. The summed E-state index contributed by atoms with van der Waals surface area (Å²) < 4.78 is 1.21. The second-order valence-electron chi connectivity index (χ2n) is 2.92. The Morgan fingerprint density at radius 1 is 1.29 bits per heavy atom. The van der Waals surface area contributed by atoms with Crippen LogP contribution in [-0.4, -0.2) is 19.9 Å². The van der Waals surface area contributed by atoms with Gasteiger partial charge in [-0.05, 0) is 19.1 Å². The highest BCUT2D eigenvalue weighted by Crippen LogP contribution is 2.14. The molecule has 0 saturated heterocycles. The molecule has 2 aromatic rings. The number of aryl methyl sites for hydroxylation is 1. The van der Waals surface area contributed by atoms with Gasteiger partial charge in [-0.2, -0.15) is 0 Å². The molecule has 2 rings (SSSR count). The van der Waals surface area contributed by atoms with Gasteiger partial charge in [0.2, 0.25) is 11.8 Å². The Balaban J connectivity index is 2.55. The Morgan fingerprint density at radius 3 is 2.64 bits per heavy atom. The standard InChI is InChI=1S/C8H10N6/c1-5-3-2-4-6(11-5)7-12-13-8(9)14(7)10/h2-4H,10H2,1H3,(H2,9,13). The van der Waals surface area contributed by atoms with Crippen LogP contribution in [0.4, 0.5) is 5.95 Å². The summed E-state index contributed by atoms with van der Waals surface area (Å²) in [7, 11) is 0. The van der Waals surface area contributed by atoms with Crippen LogP contribution in [0.1, 0.15) is 5.69 Å². The molecule has 6 heteroatoms. The van der Waals surface area contributed by atoms with E-state index in [0.29, 0.717) is 11.5 Å². The van der Waals surface area contributed by atoms with Crippen molar-refractivity contribution in [3.8, 4) is 11.5 Å². The number of anilines is 1. The largest absolute Gasteiger partial charge is 0.366 e. The van der Waals surface area contributed by atoms with Gasteiger partial charge in [-0.1, -0.05) is 6.07 Å². The van der Waals surface area contributed by atoms with Gasteiger partial charge < -0.3 is 11.6 Å². The molecule has 0 fully saturated rings. The van der Waals surface area contributed by atoms with Gasteiger partial charge in [0.05, 0.1) is 0 Å². The average molecular weight is 190 g/mol. The topological polar surface area (TPSA) is 95.6 Å². The van der Waals surface area contributed by atoms with E-state index in [4.69, 9.17) is 11.6 Å². The second kappa shape index (κ2) is 2.99. The van der Waals surface area contributed by atoms with E-state index in [0.717, 1.165) is 5.69 Å². The van der Waals surface area contributed by atoms with Gasteiger partial charge in [0.1, 0.15) is 5.69 Å². The van der Waals surface area contributed by atoms with Gasteiger partial charge in [0.25, 0.3) is 0 Å². The molecule has 0 bridgehead atoms. The molecule has 0 amide bonds. The highest BCUT2D eigenvalue weighted by Gasteiger charge is 2.09. The minimum atomic E-state index is 0.170. The van der Waals surface area contributed by atoms with Crippen LogP contribution < -0.4 is 11.6 Å². The lowest BCUT2D eigenvalue weighted by Crippen LogP contribution is -2.13. The molecule has 0 aromatic carbocycles. The molecule has 2 heterocycles. The number of aromatic nitrogens is 4. The summed E-state index contributed by atoms with van der Waals surface area (Å²) >= 11 is 0. The van der Waals surface area contributed by atoms with Crippen molar-refractivity contribution in [2.75, 3.05) is 11.6 Å². The second-order valence-corrected chi connectivity index (χ2v) is 2.92. The fraction of sp³-hybridized carbons (Fsp3) is 0.125. The predicted molar refractivity (Wildman–Crippen MR) is 52.6 cm³/mol. The van der Waals surface area contributed by atoms with Crippen LogP contribution in [-0.2, 0) is 0 Å². The van der Waals surface area contributed by atoms with Crippen molar-refractivity contribution >= 4 is 5.95 Å². The molecule has 0 aliphatic carbocycles. The number of nitrogens with zero attached hydrogens (tertiary/aromatic N) is 4. The van der Waals surface area contributed by atoms with Crippen molar-refractivity contribution in [3.63, 3.8) is 0 Å². The SMILES string of the molecule is Cc1cccc(-c2nnc(N)n2N)n1. The zero-order valence-corrected chi connectivity index (χ0v) is 7.68. The molecule has 0 aliphatic rings. The van der Waals surface area contributed by atoms with E-state index >= 15 is 0 Å². The van der Waals surface area contributed by atoms with Crippen LogP contribution >= 0.6 is 0 Å². The van der Waals surface area contributed by atoms with E-state index in [9.17, 15) is 0 Å². The maximum Gasteiger partial charge on any atom is 0.241 e. The van der Waals surface area contributed by atoms with Crippen molar-refractivity contribution in [2.24, 2.45) is 0 Å². The molecule has 2 aromatic heterocycles. The smallest absolute Gasteiger partial charge is 0.241 e. The number of nitrogen functional groups attached to an aromatic ring is 2. The number of rotatable bonds is 1. The minimum Gasteiger partial charge on any atom is -0.366 e. The maximum absolute atomic E-state index is 5.61. The van der Waals surface area contributed by atoms with Crippen LogP contribution in [0.5, 0.6) is 0 Å². The monoisotopic (exact) mass is 190 g/mol. The van der Waals surface area contributed by atoms with Crippen LogP contribution in [0.15, 0.2) is 18.2 Å². The summed E-state index contributed by atoms with van der Waals surface area (Å²) in [5, 5.41) is 7.48. The van der Waals surface area contributed by atoms with E-state index in [-0.39, 0.29) is 5.95 Å². The highest BCUT2D eigenvalue weighted by molar-refractivity contribution is 5.51. The lowest BCUT2D eigenvalue weighted by Gasteiger charge is -2.00. The summed E-state index contributed by atoms with van der Waals surface area (Å²) in [6.07, 6.45) is 0. The average Bonchev–Trinajstić information content (AvgIpc) is 2.48. The maximum atomic E-state index is 5.61. The molecule has 0 aliphatic heterocycles. The fourth-order valence-electron chi connectivity index (χ4n) is 1.15. The number of pyridine rings is 1. The van der Waals surface area contributed by atoms with Crippen LogP contribution in [0.2, 0.25) is 0 Å². The van der Waals surface area contributed by atoms with Gasteiger partial charge in [-0.25, -0.2) is 9.66 Å². The van der Waals surface area contributed by atoms with Crippen LogP contribution in [0.25, 0.3) is 11.5 Å². The van der Waals surface area contributed by atoms with Gasteiger partial charge in [-0.3, -0.25) is 0 Å². The van der Waals surface area contributed by atoms with Crippen molar-refractivity contribution in [1.82, 2.24) is 19.9 Å². The molecule has 0 radical (unpaired) electrons. The molecule has 4 N–H and O–H groups in total. The Labute approximate surface area is 80.5 Å². The van der Waals surface area contributed by atoms with Gasteiger partial charge >= 0.3 is 0 Å². The van der Waals surface area contributed by atoms with Gasteiger partial charge in [0, 0.05) is 5.69 Å². The number of hydrogen-bond donors (Lipinski definition) is 2. The minimum absolute atomic E-state index is 0.170. The van der Waals surface area contributed by atoms with Gasteiger partial charge in [0.15, 0.2) is 0 Å². The van der Waals surface area contributed by atoms with Gasteiger partial charge in [-0.15, -0.1) is 10.2 Å². The first kappa shape index (κ1) is 8.49. The summed E-state index contributed by atoms with van der Waals surface area (Å²) in [6, 6.07) is 5.58. The summed E-state index contributed by atoms with van der Waals surface area (Å²) in [5.74, 6) is 6.25. The zero-order chi connectivity index (χ0) is 10.1. The third kappa shape index (κ3) is 1.26. The first-order valence-corrected chi connectivity index (χ1v) is 4.08. The fourth-order valence-corrected chi connectivity index (χ4v) is 1.15. The van der Waals surface area contributed by atoms with E-state index in [1.165, 1.54) is 4.68 Å². The summed E-state index contributed by atoms with van der Waals surface area (Å²) in [6.45, 7) is 1.89. The molecule has 0 saturated carbocycles. The number of hydrogen-bond acceptors (Lipinski definition) is 5. The molecule has 0 atom stereocenters. The first-order chi connectivity index (χ1) is 6.68. The molecule has 14 heavy (non-hydrogen) atoms. The Hall–Kier alpha value is -2.11. The van der Waals surface area contributed by atoms with E-state index in [1.807, 2.05) is 19.1 Å². The molecular formula is C8H10N6. The molecule has 0 unspecified atom stereocenters. The van der Waals surface area contributed by atoms with E-state index in [1.54, 1.807) is 6.07 Å². The Morgan fingerprint density at radius 2 is 2.07 bits per heavy atom. The normalized spacial score (nSPS) is 10.4. The summed E-state index contributed by atoms with van der Waals surface area (Å²) in [5.41, 5.74) is 7.01. The third-order valence-electron chi connectivity index (χ3n) is 1.84. The van der Waals surface area contributed by atoms with Crippen molar-refractivity contribution in [2.45, 2.75) is 6.92 Å². The van der Waals surface area contributed by atoms with Crippen molar-refractivity contribution in [1.29, 1.82) is 0 Å². The lowest BCUT2D eigenvalue weighted by molar-refractivity contribution is 1.00.